The van der Waals surface area contributed by atoms with E-state index in [1.165, 1.54) is 4.68 Å². The summed E-state index contributed by atoms with van der Waals surface area (Å²) in [7, 11) is 1.95. The number of amides is 1. The number of halogens is 3. The smallest absolute Gasteiger partial charge is 0.370 e. The van der Waals surface area contributed by atoms with Crippen LogP contribution in [0.3, 0.4) is 0 Å². The van der Waals surface area contributed by atoms with Gasteiger partial charge in [0.15, 0.2) is 0 Å². The topological polar surface area (TPSA) is 75.1 Å². The fourth-order valence-electron chi connectivity index (χ4n) is 5.19. The fraction of sp³-hybridized carbons (Fsp3) is 0.654. The van der Waals surface area contributed by atoms with E-state index in [4.69, 9.17) is 0 Å². The van der Waals surface area contributed by atoms with Crippen molar-refractivity contribution in [3.63, 3.8) is 0 Å². The minimum Gasteiger partial charge on any atom is -0.370 e. The van der Waals surface area contributed by atoms with Gasteiger partial charge in [-0.3, -0.25) is 9.48 Å². The van der Waals surface area contributed by atoms with Crippen LogP contribution in [0.5, 0.6) is 0 Å². The Bertz CT molecular complexity index is 1030. The van der Waals surface area contributed by atoms with Gasteiger partial charge in [-0.15, -0.1) is 0 Å². The summed E-state index contributed by atoms with van der Waals surface area (Å²) in [5.41, 5.74) is 1.82. The van der Waals surface area contributed by atoms with Gasteiger partial charge in [-0.25, -0.2) is 4.98 Å². The number of likely N-dealkylation sites (N-methyl/N-ethyl adjacent to an activating group) is 1. The maximum absolute atomic E-state index is 12.8. The monoisotopic (exact) mass is 544 g/mol. The number of fused-ring (bicyclic) bond motifs is 1. The molecule has 2 aromatic heterocycles. The van der Waals surface area contributed by atoms with E-state index in [1.807, 2.05) is 38.8 Å². The van der Waals surface area contributed by atoms with Crippen LogP contribution in [0.25, 0.3) is 0 Å². The third-order valence-electron chi connectivity index (χ3n) is 7.07. The molecule has 2 aliphatic rings. The van der Waals surface area contributed by atoms with Gasteiger partial charge in [-0.2, -0.15) is 31.8 Å². The van der Waals surface area contributed by atoms with E-state index >= 15 is 0 Å². The molecule has 3 heterocycles. The maximum Gasteiger partial charge on any atom is 0.419 e. The van der Waals surface area contributed by atoms with Gasteiger partial charge in [-0.05, 0) is 50.4 Å². The molecule has 1 amide bonds. The number of pyridine rings is 1. The molecule has 2 aromatic rings. The van der Waals surface area contributed by atoms with Crippen LogP contribution in [0.2, 0.25) is 0 Å². The number of carbonyl (C=O) groups excluding carboxylic acids is 1. The lowest BCUT2D eigenvalue weighted by Gasteiger charge is -2.38. The molecular formula is C26H43F3N6OS. The Labute approximate surface area is 226 Å². The molecule has 0 spiro atoms. The Morgan fingerprint density at radius 1 is 1.16 bits per heavy atom. The summed E-state index contributed by atoms with van der Waals surface area (Å²) >= 11 is 0. The van der Waals surface area contributed by atoms with E-state index < -0.39 is 11.7 Å². The highest BCUT2D eigenvalue weighted by Crippen LogP contribution is 2.37. The highest BCUT2D eigenvalue weighted by atomic mass is 32.1. The van der Waals surface area contributed by atoms with Gasteiger partial charge >= 0.3 is 6.18 Å². The number of hydrogen-bond acceptors (Lipinski definition) is 5. The first kappa shape index (κ1) is 32.6. The number of aromatic nitrogens is 3. The summed E-state index contributed by atoms with van der Waals surface area (Å²) in [5.74, 6) is 1.79. The van der Waals surface area contributed by atoms with Crippen LogP contribution in [-0.4, -0.2) is 40.3 Å². The van der Waals surface area contributed by atoms with Crippen molar-refractivity contribution in [2.75, 3.05) is 29.1 Å². The van der Waals surface area contributed by atoms with E-state index in [0.29, 0.717) is 18.4 Å². The van der Waals surface area contributed by atoms with Crippen molar-refractivity contribution in [3.8, 4) is 0 Å². The van der Waals surface area contributed by atoms with Crippen molar-refractivity contribution >= 4 is 36.6 Å². The number of nitrogens with one attached hydrogen (secondary N) is 2. The number of nitrogens with zero attached hydrogens (tertiary/aromatic N) is 4. The largest absolute Gasteiger partial charge is 0.419 e. The number of aryl methyl sites for hydroxylation is 1. The molecule has 11 heteroatoms. The Morgan fingerprint density at radius 2 is 1.78 bits per heavy atom. The summed E-state index contributed by atoms with van der Waals surface area (Å²) in [6.45, 7) is 7.30. The number of alkyl halides is 3. The molecule has 0 unspecified atom stereocenters. The first-order valence-corrected chi connectivity index (χ1v) is 11.9. The second kappa shape index (κ2) is 12.9. The van der Waals surface area contributed by atoms with E-state index in [-0.39, 0.29) is 46.2 Å². The lowest BCUT2D eigenvalue weighted by atomic mass is 9.82. The van der Waals surface area contributed by atoms with Crippen molar-refractivity contribution < 1.29 is 18.0 Å². The van der Waals surface area contributed by atoms with Crippen molar-refractivity contribution in [2.24, 2.45) is 17.8 Å². The fourth-order valence-corrected chi connectivity index (χ4v) is 5.19. The molecule has 7 nitrogen and oxygen atoms in total. The summed E-state index contributed by atoms with van der Waals surface area (Å²) in [5, 5.41) is 10.4. The van der Waals surface area contributed by atoms with Crippen LogP contribution < -0.4 is 15.5 Å². The van der Waals surface area contributed by atoms with Gasteiger partial charge in [0.2, 0.25) is 5.91 Å². The second-order valence-electron chi connectivity index (χ2n) is 9.99. The summed E-state index contributed by atoms with van der Waals surface area (Å²) in [4.78, 5) is 19.2. The van der Waals surface area contributed by atoms with E-state index in [9.17, 15) is 18.0 Å². The standard InChI is InChI=1S/C24H33F3N6O.2CH4.H2S/c1-14(2)22-23(34)31-21-15(3)30-20(9-19(21)32(22)4)28-10-16-5-7-17(8-6-16)12-33-13-18(11-29-33)24(25,26)27;;;/h9,11,13-14,16-17,22H,5-8,10,12H2,1-4H3,(H,28,30)(H,31,34);2*1H4;1H2/t16?,17?,22-;;;/m0.../s1. The van der Waals surface area contributed by atoms with Crippen LogP contribution in [0, 0.1) is 24.7 Å². The molecule has 1 saturated carbocycles. The van der Waals surface area contributed by atoms with Crippen molar-refractivity contribution in [1.82, 2.24) is 14.8 Å². The zero-order chi connectivity index (χ0) is 24.6. The average Bonchev–Trinajstić information content (AvgIpc) is 3.23. The third kappa shape index (κ3) is 7.33. The van der Waals surface area contributed by atoms with E-state index in [1.54, 1.807) is 0 Å². The molecule has 1 aliphatic carbocycles. The molecule has 4 rings (SSSR count). The first-order chi connectivity index (χ1) is 16.0. The minimum absolute atomic E-state index is 0. The molecule has 0 saturated heterocycles. The van der Waals surface area contributed by atoms with Crippen LogP contribution in [-0.2, 0) is 17.5 Å². The van der Waals surface area contributed by atoms with Crippen molar-refractivity contribution in [1.29, 1.82) is 0 Å². The molecule has 0 bridgehead atoms. The predicted octanol–water partition coefficient (Wildman–Crippen LogP) is 6.32. The Hall–Kier alpha value is -2.43. The summed E-state index contributed by atoms with van der Waals surface area (Å²) in [6, 6.07) is 1.78. The Kier molecular flexibility index (Phi) is 11.4. The predicted molar refractivity (Wildman–Crippen MR) is 150 cm³/mol. The lowest BCUT2D eigenvalue weighted by molar-refractivity contribution is -0.137. The SMILES string of the molecule is C.C.Cc1nc(NCC2CCC(Cn3cc(C(F)(F)F)cn3)CC2)cc2c1NC(=O)[C@H](C(C)C)N2C.S. The van der Waals surface area contributed by atoms with Crippen LogP contribution in [0.1, 0.15) is 65.6 Å². The van der Waals surface area contributed by atoms with Gasteiger partial charge in [0, 0.05) is 32.4 Å². The Morgan fingerprint density at radius 3 is 2.35 bits per heavy atom. The summed E-state index contributed by atoms with van der Waals surface area (Å²) in [6.07, 6.45) is 1.61. The second-order valence-corrected chi connectivity index (χ2v) is 9.99. The lowest BCUT2D eigenvalue weighted by Crippen LogP contribution is -2.49. The number of rotatable bonds is 6. The Balaban J connectivity index is 0.00000228. The molecular weight excluding hydrogens is 501 g/mol. The number of hydrogen-bond donors (Lipinski definition) is 2. The van der Waals surface area contributed by atoms with Crippen molar-refractivity contribution in [3.05, 3.63) is 29.7 Å². The van der Waals surface area contributed by atoms with Crippen LogP contribution in [0.4, 0.5) is 30.4 Å². The highest BCUT2D eigenvalue weighted by molar-refractivity contribution is 7.59. The van der Waals surface area contributed by atoms with Gasteiger partial charge in [0.05, 0.1) is 28.8 Å². The minimum atomic E-state index is -4.35. The normalized spacial score (nSPS) is 21.2. The summed E-state index contributed by atoms with van der Waals surface area (Å²) < 4.78 is 39.8. The van der Waals surface area contributed by atoms with Gasteiger partial charge in [0.1, 0.15) is 11.9 Å². The number of anilines is 3. The molecule has 37 heavy (non-hydrogen) atoms. The molecule has 0 radical (unpaired) electrons. The zero-order valence-corrected chi connectivity index (χ0v) is 21.6. The molecule has 1 aliphatic heterocycles. The molecule has 2 N–H and O–H groups in total. The van der Waals surface area contributed by atoms with Crippen molar-refractivity contribution in [2.45, 2.75) is 80.1 Å². The molecule has 210 valence electrons. The zero-order valence-electron chi connectivity index (χ0n) is 20.6. The molecule has 1 fully saturated rings. The van der Waals surface area contributed by atoms with Crippen LogP contribution >= 0.6 is 13.5 Å². The maximum atomic E-state index is 12.8. The molecule has 1 atom stereocenters. The number of carbonyl (C=O) groups is 1. The van der Waals surface area contributed by atoms with Gasteiger partial charge < -0.3 is 15.5 Å². The third-order valence-corrected chi connectivity index (χ3v) is 7.07. The van der Waals surface area contributed by atoms with Crippen LogP contribution in [0.15, 0.2) is 18.5 Å². The quantitative estimate of drug-likeness (QED) is 0.445. The first-order valence-electron chi connectivity index (χ1n) is 11.9. The van der Waals surface area contributed by atoms with Gasteiger partial charge in [0.25, 0.3) is 0 Å². The van der Waals surface area contributed by atoms with Gasteiger partial charge in [-0.1, -0.05) is 28.7 Å². The average molecular weight is 545 g/mol. The van der Waals surface area contributed by atoms with E-state index in [2.05, 4.69) is 20.7 Å². The molecule has 0 aromatic carbocycles. The highest BCUT2D eigenvalue weighted by Gasteiger charge is 2.35. The van der Waals surface area contributed by atoms with E-state index in [0.717, 1.165) is 67.5 Å².